The summed E-state index contributed by atoms with van der Waals surface area (Å²) >= 11 is 3.36. The number of nitrogens with zero attached hydrogens (tertiary/aromatic N) is 1. The van der Waals surface area contributed by atoms with Gasteiger partial charge in [-0.15, -0.1) is 0 Å². The van der Waals surface area contributed by atoms with Crippen molar-refractivity contribution in [2.75, 3.05) is 19.0 Å². The Hall–Kier alpha value is -3.19. The van der Waals surface area contributed by atoms with Crippen LogP contribution < -0.4 is 9.47 Å². The molecular weight excluding hydrogens is 501 g/mol. The lowest BCUT2D eigenvalue weighted by Crippen LogP contribution is -2.32. The van der Waals surface area contributed by atoms with Crippen molar-refractivity contribution >= 4 is 27.7 Å². The van der Waals surface area contributed by atoms with Crippen LogP contribution in [0, 0.1) is 5.82 Å². The maximum Gasteiger partial charge on any atom is 0.237 e. The molecule has 0 bridgehead atoms. The van der Waals surface area contributed by atoms with Crippen LogP contribution in [0.1, 0.15) is 34.9 Å². The minimum Gasteiger partial charge on any atom is -0.497 e. The Balaban J connectivity index is 1.54. The smallest absolute Gasteiger partial charge is 0.237 e. The number of imide groups is 1. The fraction of sp³-hybridized carbons (Fsp3) is 0.259. The second-order valence-electron chi connectivity index (χ2n) is 8.08. The SMILES string of the molecule is COc1ccc(COc2ccc(C3C(=O)N(CCCBr)C(=O)C3c3ccc(F)cc3)cc2)cc1. The van der Waals surface area contributed by atoms with E-state index in [1.807, 2.05) is 36.4 Å². The van der Waals surface area contributed by atoms with E-state index in [4.69, 9.17) is 9.47 Å². The van der Waals surface area contributed by atoms with Gasteiger partial charge < -0.3 is 9.47 Å². The topological polar surface area (TPSA) is 55.8 Å². The highest BCUT2D eigenvalue weighted by atomic mass is 79.9. The first kappa shape index (κ1) is 24.0. The molecule has 34 heavy (non-hydrogen) atoms. The predicted octanol–water partition coefficient (Wildman–Crippen LogP) is 5.43. The van der Waals surface area contributed by atoms with Gasteiger partial charge in [0.2, 0.25) is 11.8 Å². The zero-order chi connectivity index (χ0) is 24.1. The van der Waals surface area contributed by atoms with Gasteiger partial charge in [-0.2, -0.15) is 0 Å². The van der Waals surface area contributed by atoms with E-state index in [1.165, 1.54) is 17.0 Å². The monoisotopic (exact) mass is 525 g/mol. The van der Waals surface area contributed by atoms with Gasteiger partial charge in [0.05, 0.1) is 18.9 Å². The van der Waals surface area contributed by atoms with Crippen LogP contribution in [0.5, 0.6) is 11.5 Å². The van der Waals surface area contributed by atoms with Crippen molar-refractivity contribution in [3.05, 3.63) is 95.3 Å². The van der Waals surface area contributed by atoms with E-state index in [0.717, 1.165) is 16.9 Å². The number of methoxy groups -OCH3 is 1. The van der Waals surface area contributed by atoms with E-state index in [1.54, 1.807) is 31.4 Å². The van der Waals surface area contributed by atoms with Gasteiger partial charge in [-0.25, -0.2) is 4.39 Å². The number of halogens is 2. The Morgan fingerprint density at radius 3 is 1.88 bits per heavy atom. The van der Waals surface area contributed by atoms with E-state index >= 15 is 0 Å². The van der Waals surface area contributed by atoms with Crippen molar-refractivity contribution in [2.24, 2.45) is 0 Å². The molecule has 4 rings (SSSR count). The van der Waals surface area contributed by atoms with Crippen LogP contribution in [0.15, 0.2) is 72.8 Å². The minimum absolute atomic E-state index is 0.229. The Morgan fingerprint density at radius 1 is 0.824 bits per heavy atom. The van der Waals surface area contributed by atoms with Gasteiger partial charge >= 0.3 is 0 Å². The van der Waals surface area contributed by atoms with Gasteiger partial charge in [-0.1, -0.05) is 52.3 Å². The lowest BCUT2D eigenvalue weighted by Gasteiger charge is -2.17. The predicted molar refractivity (Wildman–Crippen MR) is 131 cm³/mol. The third kappa shape index (κ3) is 5.14. The molecule has 0 aromatic heterocycles. The molecule has 0 aliphatic carbocycles. The summed E-state index contributed by atoms with van der Waals surface area (Å²) in [5.41, 5.74) is 2.36. The van der Waals surface area contributed by atoms with E-state index < -0.39 is 11.8 Å². The summed E-state index contributed by atoms with van der Waals surface area (Å²) in [7, 11) is 1.62. The van der Waals surface area contributed by atoms with Gasteiger partial charge in [0, 0.05) is 11.9 Å². The van der Waals surface area contributed by atoms with Crippen molar-refractivity contribution in [3.63, 3.8) is 0 Å². The molecule has 0 spiro atoms. The lowest BCUT2D eigenvalue weighted by atomic mass is 9.83. The third-order valence-corrected chi connectivity index (χ3v) is 6.51. The number of rotatable bonds is 9. The second-order valence-corrected chi connectivity index (χ2v) is 8.88. The van der Waals surface area contributed by atoms with Crippen LogP contribution in [0.2, 0.25) is 0 Å². The van der Waals surface area contributed by atoms with Crippen LogP contribution in [-0.4, -0.2) is 35.7 Å². The van der Waals surface area contributed by atoms with Gasteiger partial charge in [0.25, 0.3) is 0 Å². The summed E-state index contributed by atoms with van der Waals surface area (Å²) in [6.45, 7) is 0.739. The highest BCUT2D eigenvalue weighted by molar-refractivity contribution is 9.09. The molecule has 0 N–H and O–H groups in total. The quantitative estimate of drug-likeness (QED) is 0.276. The van der Waals surface area contributed by atoms with Gasteiger partial charge in [-0.05, 0) is 59.5 Å². The number of benzene rings is 3. The van der Waals surface area contributed by atoms with Crippen LogP contribution in [-0.2, 0) is 16.2 Å². The molecule has 176 valence electrons. The fourth-order valence-electron chi connectivity index (χ4n) is 4.17. The average molecular weight is 526 g/mol. The van der Waals surface area contributed by atoms with Gasteiger partial charge in [-0.3, -0.25) is 14.5 Å². The highest BCUT2D eigenvalue weighted by Crippen LogP contribution is 2.42. The molecule has 2 unspecified atom stereocenters. The molecule has 5 nitrogen and oxygen atoms in total. The summed E-state index contributed by atoms with van der Waals surface area (Å²) in [5, 5.41) is 0.691. The third-order valence-electron chi connectivity index (χ3n) is 5.95. The molecule has 3 aromatic carbocycles. The van der Waals surface area contributed by atoms with Gasteiger partial charge in [0.1, 0.15) is 23.9 Å². The normalized spacial score (nSPS) is 17.8. The molecule has 1 fully saturated rings. The highest BCUT2D eigenvalue weighted by Gasteiger charge is 2.48. The number of amides is 2. The van der Waals surface area contributed by atoms with E-state index in [0.29, 0.717) is 36.2 Å². The number of hydrogen-bond acceptors (Lipinski definition) is 4. The molecule has 3 aromatic rings. The molecule has 2 atom stereocenters. The Morgan fingerprint density at radius 2 is 1.35 bits per heavy atom. The number of likely N-dealkylation sites (tertiary alicyclic amines) is 1. The standard InChI is InChI=1S/C27H25BrFNO4/c1-33-22-11-3-18(4-12-22)17-34-23-13-7-20(8-14-23)25-24(19-5-9-21(29)10-6-19)26(31)30(27(25)32)16-2-15-28/h3-14,24-25H,2,15-17H2,1H3. The Kier molecular flexibility index (Phi) is 7.63. The van der Waals surface area contributed by atoms with E-state index in [9.17, 15) is 14.0 Å². The molecule has 0 saturated carbocycles. The maximum atomic E-state index is 13.5. The Labute approximate surface area is 206 Å². The summed E-state index contributed by atoms with van der Waals surface area (Å²) in [6, 6.07) is 20.7. The van der Waals surface area contributed by atoms with Gasteiger partial charge in [0.15, 0.2) is 0 Å². The number of carbonyl (C=O) groups excluding carboxylic acids is 2. The van der Waals surface area contributed by atoms with Crippen LogP contribution in [0.4, 0.5) is 4.39 Å². The first-order valence-electron chi connectivity index (χ1n) is 11.0. The summed E-state index contributed by atoms with van der Waals surface area (Å²) in [5.74, 6) is -0.768. The largest absolute Gasteiger partial charge is 0.497 e. The zero-order valence-electron chi connectivity index (χ0n) is 18.7. The summed E-state index contributed by atoms with van der Waals surface area (Å²) < 4.78 is 24.5. The minimum atomic E-state index is -0.686. The number of carbonyl (C=O) groups is 2. The van der Waals surface area contributed by atoms with E-state index in [-0.39, 0.29) is 17.6 Å². The Bertz CT molecular complexity index is 1130. The molecule has 1 heterocycles. The number of hydrogen-bond donors (Lipinski definition) is 0. The first-order chi connectivity index (χ1) is 16.5. The van der Waals surface area contributed by atoms with Crippen molar-refractivity contribution in [1.82, 2.24) is 4.90 Å². The van der Waals surface area contributed by atoms with Crippen LogP contribution in [0.3, 0.4) is 0 Å². The van der Waals surface area contributed by atoms with Crippen molar-refractivity contribution in [2.45, 2.75) is 24.9 Å². The molecule has 1 aliphatic heterocycles. The maximum absolute atomic E-state index is 13.5. The summed E-state index contributed by atoms with van der Waals surface area (Å²) in [4.78, 5) is 27.8. The number of alkyl halides is 1. The zero-order valence-corrected chi connectivity index (χ0v) is 20.3. The molecular formula is C27H25BrFNO4. The molecule has 0 radical (unpaired) electrons. The van der Waals surface area contributed by atoms with Crippen molar-refractivity contribution in [3.8, 4) is 11.5 Å². The molecule has 7 heteroatoms. The molecule has 2 amide bonds. The molecule has 1 aliphatic rings. The summed E-state index contributed by atoms with van der Waals surface area (Å²) in [6.07, 6.45) is 0.665. The second kappa shape index (κ2) is 10.8. The van der Waals surface area contributed by atoms with Crippen LogP contribution >= 0.6 is 15.9 Å². The van der Waals surface area contributed by atoms with E-state index in [2.05, 4.69) is 15.9 Å². The average Bonchev–Trinajstić information content (AvgIpc) is 3.11. The molecule has 1 saturated heterocycles. The first-order valence-corrected chi connectivity index (χ1v) is 12.2. The van der Waals surface area contributed by atoms with Crippen LogP contribution in [0.25, 0.3) is 0 Å². The van der Waals surface area contributed by atoms with Crippen molar-refractivity contribution < 1.29 is 23.5 Å². The van der Waals surface area contributed by atoms with Crippen molar-refractivity contribution in [1.29, 1.82) is 0 Å². The number of ether oxygens (including phenoxy) is 2. The lowest BCUT2D eigenvalue weighted by molar-refractivity contribution is -0.139. The fourth-order valence-corrected chi connectivity index (χ4v) is 4.42.